The van der Waals surface area contributed by atoms with Gasteiger partial charge in [-0.05, 0) is 36.4 Å². The summed E-state index contributed by atoms with van der Waals surface area (Å²) in [7, 11) is 1.75. The normalized spacial score (nSPS) is 24.0. The number of piperidine rings is 1. The quantitative estimate of drug-likeness (QED) is 0.804. The Morgan fingerprint density at radius 2 is 1.78 bits per heavy atom. The molecule has 128 valence electrons. The predicted octanol–water partition coefficient (Wildman–Crippen LogP) is 2.38. The molecule has 2 saturated heterocycles. The van der Waals surface area contributed by atoms with Crippen LogP contribution in [-0.4, -0.2) is 62.8 Å². The van der Waals surface area contributed by atoms with Crippen LogP contribution in [-0.2, 0) is 22.6 Å². The van der Waals surface area contributed by atoms with Gasteiger partial charge in [-0.25, -0.2) is 0 Å². The van der Waals surface area contributed by atoms with Crippen molar-refractivity contribution in [3.8, 4) is 0 Å². The molecule has 1 aromatic rings. The van der Waals surface area contributed by atoms with Crippen LogP contribution >= 0.6 is 0 Å². The van der Waals surface area contributed by atoms with Gasteiger partial charge in [0.25, 0.3) is 0 Å². The Labute approximate surface area is 140 Å². The molecule has 4 heteroatoms. The van der Waals surface area contributed by atoms with E-state index in [4.69, 9.17) is 9.47 Å². The van der Waals surface area contributed by atoms with Gasteiger partial charge in [-0.15, -0.1) is 0 Å². The Kier molecular flexibility index (Phi) is 6.46. The Hall–Kier alpha value is -0.940. The number of morpholine rings is 1. The first-order valence-corrected chi connectivity index (χ1v) is 8.92. The van der Waals surface area contributed by atoms with E-state index in [1.165, 1.54) is 43.6 Å². The smallest absolute Gasteiger partial charge is 0.0713 e. The summed E-state index contributed by atoms with van der Waals surface area (Å²) in [4.78, 5) is 5.21. The molecule has 0 aromatic heterocycles. The molecule has 2 fully saturated rings. The first-order chi connectivity index (χ1) is 11.3. The average molecular weight is 318 g/mol. The van der Waals surface area contributed by atoms with Crippen LogP contribution in [0.25, 0.3) is 0 Å². The van der Waals surface area contributed by atoms with Crippen LogP contribution in [0.4, 0.5) is 0 Å². The van der Waals surface area contributed by atoms with Crippen molar-refractivity contribution in [2.45, 2.75) is 26.0 Å². The summed E-state index contributed by atoms with van der Waals surface area (Å²) in [6, 6.07) is 8.88. The Balaban J connectivity index is 1.47. The van der Waals surface area contributed by atoms with Crippen LogP contribution < -0.4 is 0 Å². The van der Waals surface area contributed by atoms with E-state index in [0.29, 0.717) is 6.61 Å². The van der Waals surface area contributed by atoms with Crippen molar-refractivity contribution in [1.29, 1.82) is 0 Å². The van der Waals surface area contributed by atoms with Crippen molar-refractivity contribution in [3.63, 3.8) is 0 Å². The molecule has 0 bridgehead atoms. The molecule has 0 unspecified atom stereocenters. The molecule has 2 heterocycles. The van der Waals surface area contributed by atoms with E-state index < -0.39 is 0 Å². The van der Waals surface area contributed by atoms with Gasteiger partial charge in [-0.1, -0.05) is 24.3 Å². The van der Waals surface area contributed by atoms with E-state index in [2.05, 4.69) is 34.1 Å². The zero-order chi connectivity index (χ0) is 15.9. The number of nitrogens with zero attached hydrogens (tertiary/aromatic N) is 2. The van der Waals surface area contributed by atoms with Crippen LogP contribution in [0.3, 0.4) is 0 Å². The molecule has 0 saturated carbocycles. The second kappa shape index (κ2) is 8.78. The highest BCUT2D eigenvalue weighted by atomic mass is 16.5. The molecule has 2 aliphatic heterocycles. The Morgan fingerprint density at radius 1 is 1.04 bits per heavy atom. The fourth-order valence-electron chi connectivity index (χ4n) is 3.76. The lowest BCUT2D eigenvalue weighted by Crippen LogP contribution is -2.44. The summed E-state index contributed by atoms with van der Waals surface area (Å²) in [6.07, 6.45) is 2.71. The topological polar surface area (TPSA) is 24.9 Å². The molecule has 1 atom stereocenters. The van der Waals surface area contributed by atoms with Gasteiger partial charge in [-0.3, -0.25) is 9.80 Å². The van der Waals surface area contributed by atoms with Gasteiger partial charge < -0.3 is 9.47 Å². The first-order valence-electron chi connectivity index (χ1n) is 8.92. The third-order valence-corrected chi connectivity index (χ3v) is 4.96. The fourth-order valence-corrected chi connectivity index (χ4v) is 3.76. The van der Waals surface area contributed by atoms with E-state index >= 15 is 0 Å². The molecule has 3 rings (SSSR count). The van der Waals surface area contributed by atoms with Gasteiger partial charge >= 0.3 is 0 Å². The second-order valence-corrected chi connectivity index (χ2v) is 6.91. The zero-order valence-electron chi connectivity index (χ0n) is 14.4. The van der Waals surface area contributed by atoms with E-state index in [-0.39, 0.29) is 0 Å². The third-order valence-electron chi connectivity index (χ3n) is 4.96. The van der Waals surface area contributed by atoms with Crippen molar-refractivity contribution in [2.75, 3.05) is 53.0 Å². The Morgan fingerprint density at radius 3 is 2.52 bits per heavy atom. The number of likely N-dealkylation sites (tertiary alicyclic amines) is 1. The molecule has 0 amide bonds. The number of hydrogen-bond acceptors (Lipinski definition) is 4. The van der Waals surface area contributed by atoms with Gasteiger partial charge in [0.15, 0.2) is 0 Å². The molecular weight excluding hydrogens is 288 g/mol. The van der Waals surface area contributed by atoms with Crippen molar-refractivity contribution in [1.82, 2.24) is 9.80 Å². The maximum atomic E-state index is 5.45. The van der Waals surface area contributed by atoms with Gasteiger partial charge in [0, 0.05) is 39.8 Å². The molecule has 0 aliphatic carbocycles. The van der Waals surface area contributed by atoms with Gasteiger partial charge in [0.2, 0.25) is 0 Å². The molecule has 0 radical (unpaired) electrons. The Bertz CT molecular complexity index is 457. The minimum absolute atomic E-state index is 0.700. The van der Waals surface area contributed by atoms with E-state index in [9.17, 15) is 0 Å². The standard InChI is InChI=1S/C19H30N2O2/c1-22-16-18-6-4-17(5-7-18)13-21-8-2-3-19(15-21)14-20-9-11-23-12-10-20/h4-7,19H,2-3,8-16H2,1H3/t19-/m0/s1. The van der Waals surface area contributed by atoms with Crippen molar-refractivity contribution in [3.05, 3.63) is 35.4 Å². The monoisotopic (exact) mass is 318 g/mol. The number of ether oxygens (including phenoxy) is 2. The maximum absolute atomic E-state index is 5.45. The average Bonchev–Trinajstić information content (AvgIpc) is 2.58. The summed E-state index contributed by atoms with van der Waals surface area (Å²) >= 11 is 0. The first kappa shape index (κ1) is 16.9. The van der Waals surface area contributed by atoms with Crippen LogP contribution in [0.1, 0.15) is 24.0 Å². The third kappa shape index (κ3) is 5.28. The van der Waals surface area contributed by atoms with E-state index in [1.807, 2.05) is 0 Å². The van der Waals surface area contributed by atoms with Crippen LogP contribution in [0.2, 0.25) is 0 Å². The molecular formula is C19H30N2O2. The van der Waals surface area contributed by atoms with Gasteiger partial charge in [0.1, 0.15) is 0 Å². The number of rotatable bonds is 6. The summed E-state index contributed by atoms with van der Waals surface area (Å²) in [5, 5.41) is 0. The highest BCUT2D eigenvalue weighted by Gasteiger charge is 2.23. The van der Waals surface area contributed by atoms with E-state index in [1.54, 1.807) is 7.11 Å². The number of hydrogen-bond donors (Lipinski definition) is 0. The molecule has 2 aliphatic rings. The molecule has 4 nitrogen and oxygen atoms in total. The molecule has 0 spiro atoms. The van der Waals surface area contributed by atoms with Gasteiger partial charge in [0.05, 0.1) is 19.8 Å². The summed E-state index contributed by atoms with van der Waals surface area (Å²) in [5.41, 5.74) is 2.66. The summed E-state index contributed by atoms with van der Waals surface area (Å²) in [5.74, 6) is 0.814. The predicted molar refractivity (Wildman–Crippen MR) is 92.4 cm³/mol. The lowest BCUT2D eigenvalue weighted by molar-refractivity contribution is 0.0224. The van der Waals surface area contributed by atoms with Crippen LogP contribution in [0, 0.1) is 5.92 Å². The fraction of sp³-hybridized carbons (Fsp3) is 0.684. The van der Waals surface area contributed by atoms with Crippen LogP contribution in [0.5, 0.6) is 0 Å². The molecule has 23 heavy (non-hydrogen) atoms. The SMILES string of the molecule is COCc1ccc(CN2CCC[C@@H](CN3CCOCC3)C2)cc1. The lowest BCUT2D eigenvalue weighted by Gasteiger charge is -2.36. The number of benzene rings is 1. The summed E-state index contributed by atoms with van der Waals surface area (Å²) < 4.78 is 10.6. The highest BCUT2D eigenvalue weighted by molar-refractivity contribution is 5.22. The minimum Gasteiger partial charge on any atom is -0.380 e. The van der Waals surface area contributed by atoms with Crippen molar-refractivity contribution < 1.29 is 9.47 Å². The largest absolute Gasteiger partial charge is 0.380 e. The second-order valence-electron chi connectivity index (χ2n) is 6.91. The van der Waals surface area contributed by atoms with E-state index in [0.717, 1.165) is 38.8 Å². The number of methoxy groups -OCH3 is 1. The molecule has 1 aromatic carbocycles. The van der Waals surface area contributed by atoms with Crippen molar-refractivity contribution >= 4 is 0 Å². The molecule has 0 N–H and O–H groups in total. The highest BCUT2D eigenvalue weighted by Crippen LogP contribution is 2.20. The lowest BCUT2D eigenvalue weighted by atomic mass is 9.96. The summed E-state index contributed by atoms with van der Waals surface area (Å²) in [6.45, 7) is 9.52. The zero-order valence-corrected chi connectivity index (χ0v) is 14.4. The maximum Gasteiger partial charge on any atom is 0.0713 e. The van der Waals surface area contributed by atoms with Crippen molar-refractivity contribution in [2.24, 2.45) is 5.92 Å². The van der Waals surface area contributed by atoms with Gasteiger partial charge in [-0.2, -0.15) is 0 Å². The van der Waals surface area contributed by atoms with Crippen LogP contribution in [0.15, 0.2) is 24.3 Å². The minimum atomic E-state index is 0.700.